The maximum absolute atomic E-state index is 11.3. The molecule has 1 saturated heterocycles. The van der Waals surface area contributed by atoms with Gasteiger partial charge in [0.2, 0.25) is 5.91 Å². The normalized spacial score (nSPS) is 31.0. The number of carbonyl (C=O) groups is 1. The summed E-state index contributed by atoms with van der Waals surface area (Å²) in [6.07, 6.45) is 5.97. The molecule has 3 heteroatoms. The van der Waals surface area contributed by atoms with E-state index in [4.69, 9.17) is 0 Å². The molecule has 3 nitrogen and oxygen atoms in total. The Hall–Kier alpha value is -0.570. The van der Waals surface area contributed by atoms with Crippen molar-refractivity contribution >= 4 is 5.91 Å². The molecule has 1 saturated carbocycles. The number of rotatable bonds is 2. The summed E-state index contributed by atoms with van der Waals surface area (Å²) in [5.74, 6) is 0.202. The average Bonchev–Trinajstić information content (AvgIpc) is 2.00. The predicted molar refractivity (Wildman–Crippen MR) is 46.8 cm³/mol. The van der Waals surface area contributed by atoms with Crippen molar-refractivity contribution in [3.63, 3.8) is 0 Å². The van der Waals surface area contributed by atoms with Gasteiger partial charge >= 0.3 is 0 Å². The lowest BCUT2D eigenvalue weighted by atomic mass is 9.91. The largest absolute Gasteiger partial charge is 0.355 e. The van der Waals surface area contributed by atoms with Gasteiger partial charge in [-0.25, -0.2) is 0 Å². The molecule has 1 amide bonds. The van der Waals surface area contributed by atoms with Crippen molar-refractivity contribution in [2.75, 3.05) is 6.54 Å². The van der Waals surface area contributed by atoms with E-state index in [0.717, 1.165) is 19.4 Å². The van der Waals surface area contributed by atoms with E-state index in [2.05, 4.69) is 10.6 Å². The monoisotopic (exact) mass is 168 g/mol. The summed E-state index contributed by atoms with van der Waals surface area (Å²) in [6.45, 7) is 0.863. The van der Waals surface area contributed by atoms with E-state index < -0.39 is 0 Å². The molecular weight excluding hydrogens is 152 g/mol. The minimum Gasteiger partial charge on any atom is -0.355 e. The third-order valence-electron chi connectivity index (χ3n) is 2.83. The summed E-state index contributed by atoms with van der Waals surface area (Å²) in [6, 6.07) is 0.725. The fourth-order valence-corrected chi connectivity index (χ4v) is 1.79. The molecule has 0 aromatic heterocycles. The van der Waals surface area contributed by atoms with Gasteiger partial charge in [0.1, 0.15) is 0 Å². The molecule has 2 N–H and O–H groups in total. The SMILES string of the molecule is O=C1NCCCC1NC1CCC1. The van der Waals surface area contributed by atoms with Gasteiger partial charge in [0.05, 0.1) is 6.04 Å². The first-order valence-electron chi connectivity index (χ1n) is 4.90. The summed E-state index contributed by atoms with van der Waals surface area (Å²) in [7, 11) is 0. The predicted octanol–water partition coefficient (Wildman–Crippen LogP) is 0.407. The van der Waals surface area contributed by atoms with Crippen LogP contribution in [0.15, 0.2) is 0 Å². The van der Waals surface area contributed by atoms with Gasteiger partial charge in [-0.3, -0.25) is 4.79 Å². The van der Waals surface area contributed by atoms with Crippen LogP contribution in [0.1, 0.15) is 32.1 Å². The highest BCUT2D eigenvalue weighted by Gasteiger charge is 2.26. The van der Waals surface area contributed by atoms with Crippen molar-refractivity contribution in [3.05, 3.63) is 0 Å². The number of carbonyl (C=O) groups excluding carboxylic acids is 1. The molecule has 1 unspecified atom stereocenters. The van der Waals surface area contributed by atoms with E-state index in [0.29, 0.717) is 6.04 Å². The lowest BCUT2D eigenvalue weighted by Crippen LogP contribution is -2.53. The first-order valence-corrected chi connectivity index (χ1v) is 4.90. The van der Waals surface area contributed by atoms with Crippen LogP contribution >= 0.6 is 0 Å². The highest BCUT2D eigenvalue weighted by atomic mass is 16.2. The van der Waals surface area contributed by atoms with Gasteiger partial charge in [0.25, 0.3) is 0 Å². The zero-order valence-corrected chi connectivity index (χ0v) is 7.31. The zero-order chi connectivity index (χ0) is 8.39. The maximum Gasteiger partial charge on any atom is 0.237 e. The van der Waals surface area contributed by atoms with Crippen LogP contribution in [0.25, 0.3) is 0 Å². The Kier molecular flexibility index (Phi) is 2.30. The zero-order valence-electron chi connectivity index (χ0n) is 7.31. The van der Waals surface area contributed by atoms with Crippen LogP contribution in [0.4, 0.5) is 0 Å². The Morgan fingerprint density at radius 3 is 2.67 bits per heavy atom. The van der Waals surface area contributed by atoms with Gasteiger partial charge < -0.3 is 10.6 Å². The molecule has 68 valence electrons. The van der Waals surface area contributed by atoms with E-state index in [9.17, 15) is 4.79 Å². The van der Waals surface area contributed by atoms with Gasteiger partial charge in [-0.15, -0.1) is 0 Å². The van der Waals surface area contributed by atoms with Gasteiger partial charge in [0.15, 0.2) is 0 Å². The van der Waals surface area contributed by atoms with Crippen molar-refractivity contribution in [2.45, 2.75) is 44.2 Å². The second-order valence-electron chi connectivity index (χ2n) is 3.78. The second-order valence-corrected chi connectivity index (χ2v) is 3.78. The Bertz CT molecular complexity index is 177. The second kappa shape index (κ2) is 3.44. The molecule has 0 bridgehead atoms. The molecule has 2 fully saturated rings. The van der Waals surface area contributed by atoms with Crippen LogP contribution in [0.2, 0.25) is 0 Å². The Morgan fingerprint density at radius 1 is 1.25 bits per heavy atom. The van der Waals surface area contributed by atoms with Crippen molar-refractivity contribution in [2.24, 2.45) is 0 Å². The van der Waals surface area contributed by atoms with E-state index in [1.165, 1.54) is 19.3 Å². The highest BCUT2D eigenvalue weighted by molar-refractivity contribution is 5.82. The molecule has 0 radical (unpaired) electrons. The molecule has 1 heterocycles. The minimum atomic E-state index is 0.101. The molecule has 0 aromatic rings. The molecule has 1 aliphatic heterocycles. The number of hydrogen-bond donors (Lipinski definition) is 2. The smallest absolute Gasteiger partial charge is 0.237 e. The molecule has 1 atom stereocenters. The van der Waals surface area contributed by atoms with Gasteiger partial charge in [-0.2, -0.15) is 0 Å². The first kappa shape index (κ1) is 8.05. The Labute approximate surface area is 72.9 Å². The van der Waals surface area contributed by atoms with Crippen LogP contribution in [-0.4, -0.2) is 24.5 Å². The Balaban J connectivity index is 1.80. The van der Waals surface area contributed by atoms with Crippen molar-refractivity contribution in [1.82, 2.24) is 10.6 Å². The van der Waals surface area contributed by atoms with Gasteiger partial charge in [0, 0.05) is 12.6 Å². The van der Waals surface area contributed by atoms with Crippen molar-refractivity contribution in [1.29, 1.82) is 0 Å². The number of piperidine rings is 1. The first-order chi connectivity index (χ1) is 5.86. The Morgan fingerprint density at radius 2 is 2.08 bits per heavy atom. The number of amides is 1. The summed E-state index contributed by atoms with van der Waals surface area (Å²) in [4.78, 5) is 11.3. The summed E-state index contributed by atoms with van der Waals surface area (Å²) >= 11 is 0. The lowest BCUT2D eigenvalue weighted by Gasteiger charge is -2.32. The van der Waals surface area contributed by atoms with E-state index >= 15 is 0 Å². The minimum absolute atomic E-state index is 0.101. The van der Waals surface area contributed by atoms with Crippen molar-refractivity contribution < 1.29 is 4.79 Å². The summed E-state index contributed by atoms with van der Waals surface area (Å²) in [5, 5.41) is 6.28. The number of nitrogens with one attached hydrogen (secondary N) is 2. The van der Waals surface area contributed by atoms with Gasteiger partial charge in [-0.1, -0.05) is 6.42 Å². The van der Waals surface area contributed by atoms with E-state index in [1.54, 1.807) is 0 Å². The van der Waals surface area contributed by atoms with Crippen LogP contribution in [0.3, 0.4) is 0 Å². The molecule has 2 rings (SSSR count). The van der Waals surface area contributed by atoms with Crippen molar-refractivity contribution in [3.8, 4) is 0 Å². The molecule has 1 aliphatic carbocycles. The third-order valence-corrected chi connectivity index (χ3v) is 2.83. The summed E-state index contributed by atoms with van der Waals surface area (Å²) < 4.78 is 0. The summed E-state index contributed by atoms with van der Waals surface area (Å²) in [5.41, 5.74) is 0. The van der Waals surface area contributed by atoms with E-state index in [-0.39, 0.29) is 11.9 Å². The lowest BCUT2D eigenvalue weighted by molar-refractivity contribution is -0.124. The van der Waals surface area contributed by atoms with Gasteiger partial charge in [-0.05, 0) is 25.7 Å². The molecule has 12 heavy (non-hydrogen) atoms. The highest BCUT2D eigenvalue weighted by Crippen LogP contribution is 2.19. The van der Waals surface area contributed by atoms with Crippen LogP contribution < -0.4 is 10.6 Å². The maximum atomic E-state index is 11.3. The standard InChI is InChI=1S/C9H16N2O/c12-9-8(5-2-6-10-9)11-7-3-1-4-7/h7-8,11H,1-6H2,(H,10,12). The molecule has 0 spiro atoms. The number of hydrogen-bond acceptors (Lipinski definition) is 2. The fourth-order valence-electron chi connectivity index (χ4n) is 1.79. The quantitative estimate of drug-likeness (QED) is 0.627. The van der Waals surface area contributed by atoms with Crippen LogP contribution in [0.5, 0.6) is 0 Å². The van der Waals surface area contributed by atoms with Crippen LogP contribution in [-0.2, 0) is 4.79 Å². The van der Waals surface area contributed by atoms with Crippen LogP contribution in [0, 0.1) is 0 Å². The molecular formula is C9H16N2O. The fraction of sp³-hybridized carbons (Fsp3) is 0.889. The topological polar surface area (TPSA) is 41.1 Å². The molecule has 2 aliphatic rings. The third kappa shape index (κ3) is 1.61. The molecule has 0 aromatic carbocycles. The van der Waals surface area contributed by atoms with E-state index in [1.807, 2.05) is 0 Å². The average molecular weight is 168 g/mol.